The number of hydrogen-bond donors (Lipinski definition) is 3. The number of carboxylic acid groups (broad SMARTS) is 3. The highest BCUT2D eigenvalue weighted by molar-refractivity contribution is 6.15. The van der Waals surface area contributed by atoms with Gasteiger partial charge in [0.2, 0.25) is 0 Å². The zero-order valence-corrected chi connectivity index (χ0v) is 10.8. The number of carbonyl (C=O) groups is 3. The maximum atomic E-state index is 11.2. The second-order valence-corrected chi connectivity index (χ2v) is 3.89. The van der Waals surface area contributed by atoms with Gasteiger partial charge in [0.05, 0.1) is 16.7 Å². The number of rotatable bonds is 3. The maximum Gasteiger partial charge on any atom is 0.373 e. The summed E-state index contributed by atoms with van der Waals surface area (Å²) < 4.78 is 0. The number of benzene rings is 2. The van der Waals surface area contributed by atoms with Gasteiger partial charge in [-0.05, 0) is 22.9 Å². The van der Waals surface area contributed by atoms with Crippen LogP contribution in [0.1, 0.15) is 31.1 Å². The van der Waals surface area contributed by atoms with E-state index in [4.69, 9.17) is 24.9 Å². The highest BCUT2D eigenvalue weighted by atomic mass is 16.4. The third-order valence-electron chi connectivity index (χ3n) is 2.74. The molecular weight excluding hydrogens is 296 g/mol. The lowest BCUT2D eigenvalue weighted by Gasteiger charge is -2.08. The molecule has 0 heterocycles. The Bertz CT molecular complexity index is 800. The highest BCUT2D eigenvalue weighted by Crippen LogP contribution is 2.26. The zero-order valence-electron chi connectivity index (χ0n) is 10.8. The van der Waals surface area contributed by atoms with Crippen molar-refractivity contribution in [1.82, 2.24) is 0 Å². The van der Waals surface area contributed by atoms with Gasteiger partial charge in [0, 0.05) is 0 Å². The van der Waals surface area contributed by atoms with E-state index in [-0.39, 0.29) is 28.1 Å². The molecule has 0 bridgehead atoms. The van der Waals surface area contributed by atoms with Crippen molar-refractivity contribution in [2.75, 3.05) is 0 Å². The van der Waals surface area contributed by atoms with Crippen molar-refractivity contribution in [3.05, 3.63) is 47.0 Å². The van der Waals surface area contributed by atoms with Gasteiger partial charge < -0.3 is 15.3 Å². The maximum absolute atomic E-state index is 11.2. The van der Waals surface area contributed by atoms with Crippen LogP contribution in [0.15, 0.2) is 30.3 Å². The predicted molar refractivity (Wildman–Crippen MR) is 69.8 cm³/mol. The largest absolute Gasteiger partial charge is 0.478 e. The summed E-state index contributed by atoms with van der Waals surface area (Å²) in [6.45, 7) is 0. The Kier molecular flexibility index (Phi) is 5.10. The van der Waals surface area contributed by atoms with Gasteiger partial charge >= 0.3 is 24.1 Å². The second-order valence-electron chi connectivity index (χ2n) is 3.89. The van der Waals surface area contributed by atoms with E-state index in [0.29, 0.717) is 0 Å². The molecule has 0 saturated carbocycles. The number of fused-ring (bicyclic) bond motifs is 1. The normalized spacial score (nSPS) is 9.27. The summed E-state index contributed by atoms with van der Waals surface area (Å²) in [5, 5.41) is 27.4. The summed E-state index contributed by atoms with van der Waals surface area (Å²) in [5.74, 6) is -3.99. The fraction of sp³-hybridized carbons (Fsp3) is 0. The number of hydrogen-bond acceptors (Lipinski definition) is 5. The van der Waals surface area contributed by atoms with Crippen LogP contribution in [0.4, 0.5) is 0 Å². The Morgan fingerprint density at radius 2 is 1.27 bits per heavy atom. The molecule has 2 rings (SSSR count). The molecule has 2 aromatic carbocycles. The van der Waals surface area contributed by atoms with Crippen LogP contribution in [-0.2, 0) is 9.59 Å². The predicted octanol–water partition coefficient (Wildman–Crippen LogP) is 1.35. The van der Waals surface area contributed by atoms with E-state index >= 15 is 0 Å². The summed E-state index contributed by atoms with van der Waals surface area (Å²) in [4.78, 5) is 49.5. The van der Waals surface area contributed by atoms with E-state index < -0.39 is 23.5 Å². The lowest BCUT2D eigenvalue weighted by molar-refractivity contribution is -0.191. The molecule has 0 radical (unpaired) electrons. The molecule has 0 aliphatic heterocycles. The summed E-state index contributed by atoms with van der Waals surface area (Å²) in [5.41, 5.74) is -0.854. The summed E-state index contributed by atoms with van der Waals surface area (Å²) in [6, 6.07) is 6.49. The third kappa shape index (κ3) is 3.14. The van der Waals surface area contributed by atoms with Gasteiger partial charge in [-0.2, -0.15) is 9.59 Å². The van der Waals surface area contributed by atoms with Gasteiger partial charge in [0.15, 0.2) is 0 Å². The van der Waals surface area contributed by atoms with Gasteiger partial charge in [-0.15, -0.1) is 0 Å². The second kappa shape index (κ2) is 6.78. The van der Waals surface area contributed by atoms with Crippen LogP contribution in [0, 0.1) is 0 Å². The van der Waals surface area contributed by atoms with Crippen LogP contribution in [0.5, 0.6) is 0 Å². The first kappa shape index (κ1) is 16.5. The molecule has 0 saturated heterocycles. The molecule has 0 unspecified atom stereocenters. The van der Waals surface area contributed by atoms with E-state index in [1.807, 2.05) is 0 Å². The van der Waals surface area contributed by atoms with E-state index in [2.05, 4.69) is 0 Å². The van der Waals surface area contributed by atoms with Crippen LogP contribution < -0.4 is 0 Å². The zero-order chi connectivity index (χ0) is 16.9. The van der Waals surface area contributed by atoms with Gasteiger partial charge in [-0.25, -0.2) is 14.4 Å². The molecule has 0 fully saturated rings. The minimum Gasteiger partial charge on any atom is -0.478 e. The Morgan fingerprint density at radius 3 is 1.73 bits per heavy atom. The molecule has 2 aromatic rings. The van der Waals surface area contributed by atoms with Crippen molar-refractivity contribution in [3.8, 4) is 0 Å². The molecule has 0 aliphatic carbocycles. The molecule has 0 aliphatic rings. The molecule has 0 spiro atoms. The standard InChI is InChI=1S/C13H8O6.CO2/c14-11(15)8-3-1-2-7-6(8)4-5-9(12(16)17)10(7)13(18)19;2-1-3/h1-5H,(H,14,15)(H,16,17)(H,18,19);. The molecule has 0 amide bonds. The lowest BCUT2D eigenvalue weighted by Crippen LogP contribution is -2.09. The number of carbonyl (C=O) groups excluding carboxylic acids is 2. The highest BCUT2D eigenvalue weighted by Gasteiger charge is 2.21. The third-order valence-corrected chi connectivity index (χ3v) is 2.74. The minimum atomic E-state index is -1.41. The Labute approximate surface area is 122 Å². The summed E-state index contributed by atoms with van der Waals surface area (Å²) in [7, 11) is 0. The van der Waals surface area contributed by atoms with Crippen molar-refractivity contribution in [1.29, 1.82) is 0 Å². The molecule has 0 aromatic heterocycles. The molecule has 0 atom stereocenters. The minimum absolute atomic E-state index is 0.0723. The van der Waals surface area contributed by atoms with Crippen LogP contribution in [0.2, 0.25) is 0 Å². The topological polar surface area (TPSA) is 146 Å². The fourth-order valence-corrected chi connectivity index (χ4v) is 1.95. The Hall–Kier alpha value is -3.51. The average Bonchev–Trinajstić information content (AvgIpc) is 2.45. The van der Waals surface area contributed by atoms with Crippen LogP contribution >= 0.6 is 0 Å². The quantitative estimate of drug-likeness (QED) is 0.770. The smallest absolute Gasteiger partial charge is 0.373 e. The van der Waals surface area contributed by atoms with Gasteiger partial charge in [0.1, 0.15) is 0 Å². The summed E-state index contributed by atoms with van der Waals surface area (Å²) >= 11 is 0. The van der Waals surface area contributed by atoms with Crippen molar-refractivity contribution in [3.63, 3.8) is 0 Å². The fourth-order valence-electron chi connectivity index (χ4n) is 1.95. The Balaban J connectivity index is 0.000000745. The average molecular weight is 304 g/mol. The van der Waals surface area contributed by atoms with Gasteiger partial charge in [-0.3, -0.25) is 0 Å². The molecule has 8 nitrogen and oxygen atoms in total. The molecule has 112 valence electrons. The van der Waals surface area contributed by atoms with Gasteiger partial charge in [-0.1, -0.05) is 18.2 Å². The number of carboxylic acids is 3. The van der Waals surface area contributed by atoms with Crippen LogP contribution in [0.3, 0.4) is 0 Å². The number of aromatic carboxylic acids is 3. The SMILES string of the molecule is O=C(O)c1ccc2c(C(=O)O)cccc2c1C(=O)O.O=C=O. The van der Waals surface area contributed by atoms with E-state index in [1.54, 1.807) is 0 Å². The van der Waals surface area contributed by atoms with Crippen molar-refractivity contribution < 1.29 is 39.3 Å². The van der Waals surface area contributed by atoms with Crippen molar-refractivity contribution >= 4 is 34.8 Å². The lowest BCUT2D eigenvalue weighted by atomic mass is 9.96. The van der Waals surface area contributed by atoms with Gasteiger partial charge in [0.25, 0.3) is 0 Å². The van der Waals surface area contributed by atoms with E-state index in [0.717, 1.165) is 6.07 Å². The molecule has 3 N–H and O–H groups in total. The molecule has 22 heavy (non-hydrogen) atoms. The monoisotopic (exact) mass is 304 g/mol. The molecule has 8 heteroatoms. The van der Waals surface area contributed by atoms with Crippen molar-refractivity contribution in [2.24, 2.45) is 0 Å². The van der Waals surface area contributed by atoms with Crippen LogP contribution in [0.25, 0.3) is 10.8 Å². The van der Waals surface area contributed by atoms with E-state index in [9.17, 15) is 14.4 Å². The first-order valence-corrected chi connectivity index (χ1v) is 5.60. The first-order chi connectivity index (χ1) is 10.3. The van der Waals surface area contributed by atoms with Crippen LogP contribution in [-0.4, -0.2) is 39.4 Å². The first-order valence-electron chi connectivity index (χ1n) is 5.60. The Morgan fingerprint density at radius 1 is 0.727 bits per heavy atom. The summed E-state index contributed by atoms with van der Waals surface area (Å²) in [6.07, 6.45) is 0.250. The molecular formula is C14H8O8. The van der Waals surface area contributed by atoms with E-state index in [1.165, 1.54) is 24.3 Å². The van der Waals surface area contributed by atoms with Crippen molar-refractivity contribution in [2.45, 2.75) is 0 Å².